The first-order valence-electron chi connectivity index (χ1n) is 5.31. The zero-order valence-corrected chi connectivity index (χ0v) is 9.99. The Balaban J connectivity index is 3.09. The average Bonchev–Trinajstić information content (AvgIpc) is 2.25. The topological polar surface area (TPSA) is 64.7 Å². The van der Waals surface area contributed by atoms with E-state index in [1.54, 1.807) is 6.07 Å². The zero-order valence-electron chi connectivity index (χ0n) is 9.99. The lowest BCUT2D eigenvalue weighted by atomic mass is 9.98. The maximum Gasteiger partial charge on any atom is 0.163 e. The highest BCUT2D eigenvalue weighted by atomic mass is 16.6. The van der Waals surface area contributed by atoms with Crippen molar-refractivity contribution < 1.29 is 14.7 Å². The summed E-state index contributed by atoms with van der Waals surface area (Å²) in [7, 11) is 1.54. The first-order valence-corrected chi connectivity index (χ1v) is 5.31. The number of rotatable bonds is 5. The number of phenols is 1. The Morgan fingerprint density at radius 3 is 2.56 bits per heavy atom. The summed E-state index contributed by atoms with van der Waals surface area (Å²) >= 11 is 0. The number of nitrogens with two attached hydrogens (primary N) is 1. The van der Waals surface area contributed by atoms with Crippen molar-refractivity contribution in [1.82, 2.24) is 0 Å². The van der Waals surface area contributed by atoms with Gasteiger partial charge in [-0.2, -0.15) is 0 Å². The molecule has 3 N–H and O–H groups in total. The molecule has 0 saturated heterocycles. The summed E-state index contributed by atoms with van der Waals surface area (Å²) in [5.41, 5.74) is 1.99. The normalized spacial score (nSPS) is 10.8. The second-order valence-electron chi connectivity index (χ2n) is 4.01. The highest BCUT2D eigenvalue weighted by Gasteiger charge is 2.12. The molecule has 0 heterocycles. The quantitative estimate of drug-likeness (QED) is 0.752. The predicted octanol–water partition coefficient (Wildman–Crippen LogP) is 1.96. The number of ether oxygens (including phenoxy) is 1. The van der Waals surface area contributed by atoms with Crippen LogP contribution in [0.1, 0.15) is 30.9 Å². The fourth-order valence-corrected chi connectivity index (χ4v) is 1.62. The molecule has 90 valence electrons. The third kappa shape index (κ3) is 2.87. The highest BCUT2D eigenvalue weighted by Crippen LogP contribution is 2.34. The van der Waals surface area contributed by atoms with E-state index in [2.05, 4.69) is 18.7 Å². The second-order valence-corrected chi connectivity index (χ2v) is 4.01. The predicted molar refractivity (Wildman–Crippen MR) is 62.6 cm³/mol. The van der Waals surface area contributed by atoms with Crippen LogP contribution in [0.5, 0.6) is 11.5 Å². The van der Waals surface area contributed by atoms with Crippen molar-refractivity contribution in [3.8, 4) is 11.5 Å². The van der Waals surface area contributed by atoms with Crippen molar-refractivity contribution in [1.29, 1.82) is 0 Å². The van der Waals surface area contributed by atoms with Gasteiger partial charge in [0, 0.05) is 12.0 Å². The summed E-state index contributed by atoms with van der Waals surface area (Å²) in [5, 5.41) is 9.82. The second kappa shape index (κ2) is 5.72. The van der Waals surface area contributed by atoms with E-state index in [0.29, 0.717) is 24.7 Å². The van der Waals surface area contributed by atoms with Gasteiger partial charge in [-0.3, -0.25) is 0 Å². The van der Waals surface area contributed by atoms with E-state index < -0.39 is 0 Å². The van der Waals surface area contributed by atoms with Crippen LogP contribution >= 0.6 is 0 Å². The number of aromatic hydroxyl groups is 1. The smallest absolute Gasteiger partial charge is 0.163 e. The Morgan fingerprint density at radius 2 is 2.06 bits per heavy atom. The molecule has 4 nitrogen and oxygen atoms in total. The van der Waals surface area contributed by atoms with Gasteiger partial charge >= 0.3 is 0 Å². The number of phenolic OH excluding ortho intramolecular Hbond substituents is 1. The number of hydrogen-bond donors (Lipinski definition) is 2. The van der Waals surface area contributed by atoms with Crippen LogP contribution < -0.4 is 10.6 Å². The molecule has 1 aromatic rings. The first-order chi connectivity index (χ1) is 7.60. The number of methoxy groups -OCH3 is 1. The first kappa shape index (κ1) is 12.8. The minimum Gasteiger partial charge on any atom is -0.504 e. The summed E-state index contributed by atoms with van der Waals surface area (Å²) in [6.45, 7) is 4.55. The van der Waals surface area contributed by atoms with Gasteiger partial charge < -0.3 is 14.7 Å². The molecule has 0 aliphatic heterocycles. The Hall–Kier alpha value is -1.26. The van der Waals surface area contributed by atoms with Gasteiger partial charge in [0.25, 0.3) is 0 Å². The van der Waals surface area contributed by atoms with E-state index in [4.69, 9.17) is 10.6 Å². The summed E-state index contributed by atoms with van der Waals surface area (Å²) in [6, 6.07) is 3.75. The van der Waals surface area contributed by atoms with Gasteiger partial charge in [0.2, 0.25) is 0 Å². The van der Waals surface area contributed by atoms with Crippen molar-refractivity contribution in [2.24, 2.45) is 5.90 Å². The van der Waals surface area contributed by atoms with Gasteiger partial charge in [-0.05, 0) is 17.5 Å². The van der Waals surface area contributed by atoms with Gasteiger partial charge in [0.1, 0.15) is 0 Å². The molecule has 0 saturated carbocycles. The Labute approximate surface area is 95.9 Å². The van der Waals surface area contributed by atoms with E-state index in [-0.39, 0.29) is 5.75 Å². The van der Waals surface area contributed by atoms with Crippen molar-refractivity contribution in [2.75, 3.05) is 13.7 Å². The van der Waals surface area contributed by atoms with Crippen LogP contribution in [0.3, 0.4) is 0 Å². The van der Waals surface area contributed by atoms with Crippen molar-refractivity contribution in [3.05, 3.63) is 23.3 Å². The summed E-state index contributed by atoms with van der Waals surface area (Å²) in [5.74, 6) is 6.03. The molecule has 4 heteroatoms. The zero-order chi connectivity index (χ0) is 12.1. The Morgan fingerprint density at radius 1 is 1.38 bits per heavy atom. The van der Waals surface area contributed by atoms with E-state index in [0.717, 1.165) is 11.1 Å². The fourth-order valence-electron chi connectivity index (χ4n) is 1.62. The highest BCUT2D eigenvalue weighted by molar-refractivity contribution is 5.49. The van der Waals surface area contributed by atoms with Gasteiger partial charge in [-0.25, -0.2) is 5.90 Å². The van der Waals surface area contributed by atoms with Gasteiger partial charge in [-0.1, -0.05) is 19.9 Å². The minimum absolute atomic E-state index is 0.167. The molecule has 0 bridgehead atoms. The van der Waals surface area contributed by atoms with Crippen LogP contribution in [0, 0.1) is 0 Å². The van der Waals surface area contributed by atoms with Gasteiger partial charge in [0.05, 0.1) is 13.7 Å². The Bertz CT molecular complexity index is 350. The third-order valence-corrected chi connectivity index (χ3v) is 2.53. The van der Waals surface area contributed by atoms with Crippen LogP contribution in [0.15, 0.2) is 12.1 Å². The monoisotopic (exact) mass is 225 g/mol. The van der Waals surface area contributed by atoms with Gasteiger partial charge in [0.15, 0.2) is 11.5 Å². The van der Waals surface area contributed by atoms with Crippen LogP contribution in [-0.4, -0.2) is 18.8 Å². The summed E-state index contributed by atoms with van der Waals surface area (Å²) in [4.78, 5) is 4.55. The minimum atomic E-state index is 0.167. The molecule has 0 fully saturated rings. The largest absolute Gasteiger partial charge is 0.504 e. The van der Waals surface area contributed by atoms with E-state index in [1.165, 1.54) is 7.11 Å². The van der Waals surface area contributed by atoms with Gasteiger partial charge in [-0.15, -0.1) is 0 Å². The number of benzene rings is 1. The Kier molecular flexibility index (Phi) is 4.58. The molecule has 16 heavy (non-hydrogen) atoms. The lowest BCUT2D eigenvalue weighted by molar-refractivity contribution is 0.140. The molecule has 0 aromatic heterocycles. The third-order valence-electron chi connectivity index (χ3n) is 2.53. The molecular formula is C12H19NO3. The van der Waals surface area contributed by atoms with Crippen molar-refractivity contribution in [2.45, 2.75) is 26.2 Å². The molecular weight excluding hydrogens is 206 g/mol. The molecule has 0 aliphatic rings. The van der Waals surface area contributed by atoms with Crippen LogP contribution in [0.2, 0.25) is 0 Å². The summed E-state index contributed by atoms with van der Waals surface area (Å²) in [6.07, 6.45) is 0.619. The van der Waals surface area contributed by atoms with E-state index in [9.17, 15) is 5.11 Å². The average molecular weight is 225 g/mol. The molecule has 1 aromatic carbocycles. The lowest BCUT2D eigenvalue weighted by Gasteiger charge is -2.14. The van der Waals surface area contributed by atoms with Crippen LogP contribution in [-0.2, 0) is 11.3 Å². The van der Waals surface area contributed by atoms with Crippen LogP contribution in [0.4, 0.5) is 0 Å². The number of hydrogen-bond acceptors (Lipinski definition) is 4. The molecule has 1 rings (SSSR count). The SMILES string of the molecule is COc1c(O)cc(C(C)C)cc1CCON. The van der Waals surface area contributed by atoms with Crippen LogP contribution in [0.25, 0.3) is 0 Å². The molecule has 0 atom stereocenters. The van der Waals surface area contributed by atoms with E-state index in [1.807, 2.05) is 6.07 Å². The van der Waals surface area contributed by atoms with Crippen molar-refractivity contribution in [3.63, 3.8) is 0 Å². The molecule has 0 amide bonds. The molecule has 0 aliphatic carbocycles. The lowest BCUT2D eigenvalue weighted by Crippen LogP contribution is -2.05. The summed E-state index contributed by atoms with van der Waals surface area (Å²) < 4.78 is 5.16. The maximum absolute atomic E-state index is 9.82. The van der Waals surface area contributed by atoms with Crippen molar-refractivity contribution >= 4 is 0 Å². The fraction of sp³-hybridized carbons (Fsp3) is 0.500. The molecule has 0 spiro atoms. The molecule has 0 unspecified atom stereocenters. The molecule has 0 radical (unpaired) electrons. The maximum atomic E-state index is 9.82. The standard InChI is InChI=1S/C12H19NO3/c1-8(2)10-6-9(4-5-16-13)12(15-3)11(14)7-10/h6-8,14H,4-5,13H2,1-3H3. The van der Waals surface area contributed by atoms with E-state index >= 15 is 0 Å².